The van der Waals surface area contributed by atoms with Crippen LogP contribution in [0.2, 0.25) is 0 Å². The predicted molar refractivity (Wildman–Crippen MR) is 249 cm³/mol. The highest BCUT2D eigenvalue weighted by Gasteiger charge is 2.55. The van der Waals surface area contributed by atoms with Crippen LogP contribution in [0, 0.1) is 0 Å². The van der Waals surface area contributed by atoms with Gasteiger partial charge in [-0.05, 0) is 192 Å². The summed E-state index contributed by atoms with van der Waals surface area (Å²) in [6.45, 7) is 24.2. The molecule has 15 nitrogen and oxygen atoms in total. The Balaban J connectivity index is 0.000000222. The molecule has 4 aliphatic carbocycles. The molecule has 0 bridgehead atoms. The summed E-state index contributed by atoms with van der Waals surface area (Å²) in [5, 5.41) is 25.7. The van der Waals surface area contributed by atoms with Gasteiger partial charge in [0.25, 0.3) is 0 Å². The van der Waals surface area contributed by atoms with Crippen molar-refractivity contribution in [1.82, 2.24) is 20.4 Å². The van der Waals surface area contributed by atoms with Crippen LogP contribution in [0.3, 0.4) is 0 Å². The molecule has 384 valence electrons. The number of ether oxygens (including phenoxy) is 5. The number of nitrogens with one attached hydrogen (secondary N) is 2. The van der Waals surface area contributed by atoms with Gasteiger partial charge in [0.2, 0.25) is 0 Å². The molecule has 4 unspecified atom stereocenters. The van der Waals surface area contributed by atoms with Crippen molar-refractivity contribution in [1.29, 1.82) is 0 Å². The number of aliphatic hydroxyl groups is 2. The van der Waals surface area contributed by atoms with Crippen LogP contribution in [0.5, 0.6) is 0 Å². The van der Waals surface area contributed by atoms with Gasteiger partial charge in [0.05, 0.1) is 12.2 Å². The van der Waals surface area contributed by atoms with Crippen LogP contribution in [-0.2, 0) is 23.7 Å². The van der Waals surface area contributed by atoms with Crippen LogP contribution < -0.4 is 10.6 Å². The molecule has 4 atom stereocenters. The minimum atomic E-state index is -1.06. The number of nitrogens with zero attached hydrogens (tertiary/aromatic N) is 2. The maximum Gasteiger partial charge on any atom is 0.519 e. The number of hydrogen-bond acceptors (Lipinski definition) is 13. The van der Waals surface area contributed by atoms with E-state index in [9.17, 15) is 38.2 Å². The first-order valence-corrected chi connectivity index (χ1v) is 24.1. The van der Waals surface area contributed by atoms with Crippen LogP contribution in [0.25, 0.3) is 0 Å². The Hall–Kier alpha value is -3.02. The van der Waals surface area contributed by atoms with Gasteiger partial charge in [0.15, 0.2) is 0 Å². The molecule has 66 heavy (non-hydrogen) atoms. The zero-order chi connectivity index (χ0) is 48.9. The molecular weight excluding hydrogens is 859 g/mol. The van der Waals surface area contributed by atoms with E-state index in [-0.39, 0.29) is 48.4 Å². The summed E-state index contributed by atoms with van der Waals surface area (Å²) < 4.78 is 50.5. The monoisotopic (exact) mass is 947 g/mol. The topological polar surface area (TPSA) is 185 Å². The molecule has 4 saturated carbocycles. The average molecular weight is 947 g/mol. The highest BCUT2D eigenvalue weighted by molar-refractivity contribution is 5.77. The van der Waals surface area contributed by atoms with E-state index >= 15 is 0 Å². The van der Waals surface area contributed by atoms with E-state index in [1.54, 1.807) is 46.4 Å². The van der Waals surface area contributed by atoms with Crippen molar-refractivity contribution in [3.05, 3.63) is 0 Å². The third-order valence-electron chi connectivity index (χ3n) is 12.4. The minimum Gasteiger partial charge on any atom is -0.444 e. The van der Waals surface area contributed by atoms with E-state index < -0.39 is 47.1 Å². The lowest BCUT2D eigenvalue weighted by Crippen LogP contribution is -2.50. The normalized spacial score (nSPS) is 26.9. The summed E-state index contributed by atoms with van der Waals surface area (Å²) >= 11 is 0. The Bertz CT molecular complexity index is 1490. The second kappa shape index (κ2) is 22.2. The van der Waals surface area contributed by atoms with Crippen molar-refractivity contribution < 1.29 is 61.9 Å². The number of alkyl halides is 2. The number of aliphatic hydroxyl groups excluding tert-OH is 2. The number of halogens is 2. The highest BCUT2D eigenvalue weighted by Crippen LogP contribution is 2.50. The third-order valence-corrected chi connectivity index (χ3v) is 12.4. The van der Waals surface area contributed by atoms with Crippen LogP contribution in [0.15, 0.2) is 0 Å². The number of carbonyl (C=O) groups excluding carboxylic acids is 4. The molecule has 4 saturated heterocycles. The number of carbonyl (C=O) groups is 4. The van der Waals surface area contributed by atoms with Crippen LogP contribution in [-0.4, -0.2) is 140 Å². The molecule has 4 spiro atoms. The number of piperidine rings is 4. The van der Waals surface area contributed by atoms with E-state index in [4.69, 9.17) is 18.9 Å². The molecule has 0 aromatic heterocycles. The number of likely N-dealkylation sites (tertiary alicyclic amines) is 2. The fourth-order valence-corrected chi connectivity index (χ4v) is 8.63. The van der Waals surface area contributed by atoms with Crippen molar-refractivity contribution in [2.45, 2.75) is 262 Å². The van der Waals surface area contributed by atoms with Gasteiger partial charge in [-0.15, -0.1) is 0 Å². The SMILES string of the molecule is C.CC(C)(C)OC(=O)N1CCC(F)CC12CC2.CC(C)(C)OC(=O)N1CCC(O)CC12CC2.CC(C)(C)OC(=O)OC(=O)OC(C)(C)C.FC1CCNC2(CC2)C1.OC1CCNC2(CC2)C1. The Labute approximate surface area is 394 Å². The van der Waals surface area contributed by atoms with Gasteiger partial charge in [-0.3, -0.25) is 0 Å². The zero-order valence-corrected chi connectivity index (χ0v) is 41.7. The average Bonchev–Trinajstić information content (AvgIpc) is 3.93. The van der Waals surface area contributed by atoms with E-state index in [1.807, 2.05) is 46.4 Å². The molecule has 0 aromatic rings. The lowest BCUT2D eigenvalue weighted by atomic mass is 9.98. The smallest absolute Gasteiger partial charge is 0.444 e. The van der Waals surface area contributed by atoms with Gasteiger partial charge in [-0.1, -0.05) is 7.43 Å². The Morgan fingerprint density at radius 2 is 0.864 bits per heavy atom. The standard InChI is InChI=1S/C12H20FNO2.C12H21NO3.C10H18O5.C7H12FN.C7H13NO.CH4/c1-11(2,3)16-10(15)14-7-4-9(13)8-12(14)5-6-12;1-11(2,3)16-10(15)13-7-4-9(14)8-12(13)5-6-12;1-9(2,3)14-7(11)13-8(12)15-10(4,5)6;8-6-1-4-9-7(5-6)2-3-7;9-6-1-4-8-7(5-6)2-3-7;/h9H,4-8H2,1-3H3;9,14H,4-8H2,1-3H3;1-6H3;6,9H,1-5H2;6,8-9H,1-5H2;1H4. The Morgan fingerprint density at radius 1 is 0.500 bits per heavy atom. The van der Waals surface area contributed by atoms with Crippen LogP contribution in [0.4, 0.5) is 28.0 Å². The van der Waals surface area contributed by atoms with Crippen LogP contribution >= 0.6 is 0 Å². The Morgan fingerprint density at radius 3 is 1.21 bits per heavy atom. The van der Waals surface area contributed by atoms with Crippen molar-refractivity contribution in [2.75, 3.05) is 26.2 Å². The summed E-state index contributed by atoms with van der Waals surface area (Å²) in [4.78, 5) is 49.5. The summed E-state index contributed by atoms with van der Waals surface area (Å²) in [6.07, 6.45) is 10.4. The lowest BCUT2D eigenvalue weighted by Gasteiger charge is -2.39. The molecule has 17 heteroatoms. The molecule has 4 aliphatic heterocycles. The largest absolute Gasteiger partial charge is 0.519 e. The Kier molecular flexibility index (Phi) is 19.2. The van der Waals surface area contributed by atoms with E-state index in [2.05, 4.69) is 15.4 Å². The van der Waals surface area contributed by atoms with Gasteiger partial charge >= 0.3 is 24.5 Å². The molecule has 8 rings (SSSR count). The summed E-state index contributed by atoms with van der Waals surface area (Å²) in [6, 6.07) is 0. The molecule has 4 heterocycles. The van der Waals surface area contributed by atoms with Gasteiger partial charge in [-0.25, -0.2) is 28.0 Å². The second-order valence-electron chi connectivity index (χ2n) is 23.6. The molecule has 8 aliphatic rings. The van der Waals surface area contributed by atoms with Crippen LogP contribution in [0.1, 0.15) is 193 Å². The summed E-state index contributed by atoms with van der Waals surface area (Å²) in [7, 11) is 0. The first-order chi connectivity index (χ1) is 29.8. The van der Waals surface area contributed by atoms with Crippen molar-refractivity contribution in [3.63, 3.8) is 0 Å². The van der Waals surface area contributed by atoms with Gasteiger partial charge in [0.1, 0.15) is 34.7 Å². The molecule has 0 radical (unpaired) electrons. The van der Waals surface area contributed by atoms with Gasteiger partial charge < -0.3 is 54.3 Å². The molecule has 8 fully saturated rings. The predicted octanol–water partition coefficient (Wildman–Crippen LogP) is 9.81. The lowest BCUT2D eigenvalue weighted by molar-refractivity contribution is -0.0297. The quantitative estimate of drug-likeness (QED) is 0.102. The minimum absolute atomic E-state index is 0. The van der Waals surface area contributed by atoms with E-state index in [1.165, 1.54) is 25.7 Å². The highest BCUT2D eigenvalue weighted by atomic mass is 19.1. The van der Waals surface area contributed by atoms with Gasteiger partial charge in [0, 0.05) is 41.7 Å². The third kappa shape index (κ3) is 19.9. The first-order valence-electron chi connectivity index (χ1n) is 24.1. The van der Waals surface area contributed by atoms with Gasteiger partial charge in [-0.2, -0.15) is 0 Å². The molecule has 4 N–H and O–H groups in total. The zero-order valence-electron chi connectivity index (χ0n) is 41.7. The molecule has 2 amide bonds. The summed E-state index contributed by atoms with van der Waals surface area (Å²) in [5.74, 6) is 0. The maximum absolute atomic E-state index is 13.3. The number of rotatable bonds is 0. The summed E-state index contributed by atoms with van der Waals surface area (Å²) in [5.41, 5.74) is -1.92. The first kappa shape index (κ1) is 57.3. The second-order valence-corrected chi connectivity index (χ2v) is 23.6. The number of amides is 2. The van der Waals surface area contributed by atoms with E-state index in [0.29, 0.717) is 44.3 Å². The maximum atomic E-state index is 13.3. The number of hydrogen-bond donors (Lipinski definition) is 4. The van der Waals surface area contributed by atoms with E-state index in [0.717, 1.165) is 64.5 Å². The van der Waals surface area contributed by atoms with Crippen molar-refractivity contribution in [3.8, 4) is 0 Å². The fraction of sp³-hybridized carbons (Fsp3) is 0.918. The van der Waals surface area contributed by atoms with Crippen molar-refractivity contribution in [2.24, 2.45) is 0 Å². The van der Waals surface area contributed by atoms with Crippen molar-refractivity contribution >= 4 is 24.5 Å². The molecular formula is C49H88F2N4O11. The fourth-order valence-electron chi connectivity index (χ4n) is 8.63. The molecule has 0 aromatic carbocycles.